The highest BCUT2D eigenvalue weighted by Crippen LogP contribution is 2.26. The van der Waals surface area contributed by atoms with Crippen molar-refractivity contribution in [1.29, 1.82) is 5.26 Å². The van der Waals surface area contributed by atoms with E-state index in [4.69, 9.17) is 5.26 Å². The molecule has 1 aromatic carbocycles. The van der Waals surface area contributed by atoms with E-state index in [2.05, 4.69) is 19.9 Å². The lowest BCUT2D eigenvalue weighted by Gasteiger charge is -2.20. The molecule has 15 heavy (non-hydrogen) atoms. The van der Waals surface area contributed by atoms with Crippen LogP contribution in [0.1, 0.15) is 43.9 Å². The number of rotatable bonds is 4. The second-order valence-electron chi connectivity index (χ2n) is 3.76. The van der Waals surface area contributed by atoms with Crippen molar-refractivity contribution in [2.45, 2.75) is 32.8 Å². The van der Waals surface area contributed by atoms with Gasteiger partial charge in [0.05, 0.1) is 17.7 Å². The summed E-state index contributed by atoms with van der Waals surface area (Å²) in [7, 11) is 0. The lowest BCUT2D eigenvalue weighted by molar-refractivity contribution is 0.103. The largest absolute Gasteiger partial charge is 0.388 e. The Morgan fingerprint density at radius 1 is 1.20 bits per heavy atom. The maximum Gasteiger partial charge on any atom is 0.0991 e. The van der Waals surface area contributed by atoms with Gasteiger partial charge in [0.2, 0.25) is 0 Å². The molecule has 0 radical (unpaired) electrons. The van der Waals surface area contributed by atoms with E-state index in [1.54, 1.807) is 12.1 Å². The summed E-state index contributed by atoms with van der Waals surface area (Å²) in [6.45, 7) is 4.17. The first-order chi connectivity index (χ1) is 7.22. The van der Waals surface area contributed by atoms with Crippen LogP contribution >= 0.6 is 0 Å². The van der Waals surface area contributed by atoms with Crippen molar-refractivity contribution < 1.29 is 5.11 Å². The molecule has 0 bridgehead atoms. The van der Waals surface area contributed by atoms with Gasteiger partial charge in [-0.05, 0) is 23.6 Å². The van der Waals surface area contributed by atoms with Crippen LogP contribution in [-0.4, -0.2) is 5.11 Å². The molecular formula is C13H17NO. The van der Waals surface area contributed by atoms with Gasteiger partial charge >= 0.3 is 0 Å². The molecule has 0 saturated heterocycles. The highest BCUT2D eigenvalue weighted by Gasteiger charge is 2.16. The Kier molecular flexibility index (Phi) is 4.33. The Morgan fingerprint density at radius 2 is 1.73 bits per heavy atom. The smallest absolute Gasteiger partial charge is 0.0991 e. The molecule has 1 N–H and O–H groups in total. The normalized spacial score (nSPS) is 12.5. The standard InChI is InChI=1S/C13H17NO/c1-3-11(4-2)13(15)12-7-5-10(9-14)6-8-12/h5-8,11,13,15H,3-4H2,1-2H3. The van der Waals surface area contributed by atoms with Gasteiger partial charge in [-0.1, -0.05) is 38.8 Å². The Labute approximate surface area is 91.2 Å². The summed E-state index contributed by atoms with van der Waals surface area (Å²) in [5, 5.41) is 18.7. The fourth-order valence-corrected chi connectivity index (χ4v) is 1.76. The fraction of sp³-hybridized carbons (Fsp3) is 0.462. The van der Waals surface area contributed by atoms with Gasteiger partial charge in [0.15, 0.2) is 0 Å². The fourth-order valence-electron chi connectivity index (χ4n) is 1.76. The minimum Gasteiger partial charge on any atom is -0.388 e. The maximum absolute atomic E-state index is 10.1. The lowest BCUT2D eigenvalue weighted by atomic mass is 9.91. The van der Waals surface area contributed by atoms with E-state index < -0.39 is 6.10 Å². The van der Waals surface area contributed by atoms with Crippen molar-refractivity contribution in [3.8, 4) is 6.07 Å². The molecular weight excluding hydrogens is 186 g/mol. The Balaban J connectivity index is 2.82. The van der Waals surface area contributed by atoms with Gasteiger partial charge in [-0.2, -0.15) is 5.26 Å². The van der Waals surface area contributed by atoms with E-state index >= 15 is 0 Å². The van der Waals surface area contributed by atoms with Crippen LogP contribution < -0.4 is 0 Å². The molecule has 2 heteroatoms. The van der Waals surface area contributed by atoms with Crippen molar-refractivity contribution in [3.63, 3.8) is 0 Å². The number of hydrogen-bond donors (Lipinski definition) is 1. The van der Waals surface area contributed by atoms with Crippen molar-refractivity contribution in [3.05, 3.63) is 35.4 Å². The molecule has 1 unspecified atom stereocenters. The number of aliphatic hydroxyl groups excluding tert-OH is 1. The van der Waals surface area contributed by atoms with Crippen LogP contribution in [0.2, 0.25) is 0 Å². The Hall–Kier alpha value is -1.33. The van der Waals surface area contributed by atoms with E-state index in [1.165, 1.54) is 0 Å². The van der Waals surface area contributed by atoms with E-state index in [0.29, 0.717) is 11.5 Å². The first-order valence-electron chi connectivity index (χ1n) is 5.41. The highest BCUT2D eigenvalue weighted by atomic mass is 16.3. The molecule has 0 amide bonds. The van der Waals surface area contributed by atoms with Crippen LogP contribution in [0.4, 0.5) is 0 Å². The molecule has 80 valence electrons. The number of benzene rings is 1. The second kappa shape index (κ2) is 5.53. The molecule has 0 aliphatic rings. The van der Waals surface area contributed by atoms with E-state index in [1.807, 2.05) is 12.1 Å². The van der Waals surface area contributed by atoms with Crippen LogP contribution in [0.15, 0.2) is 24.3 Å². The third-order valence-corrected chi connectivity index (χ3v) is 2.88. The van der Waals surface area contributed by atoms with Gasteiger partial charge in [0.25, 0.3) is 0 Å². The summed E-state index contributed by atoms with van der Waals surface area (Å²) in [5.74, 6) is 0.304. The molecule has 0 fully saturated rings. The predicted molar refractivity (Wildman–Crippen MR) is 60.2 cm³/mol. The molecule has 0 heterocycles. The molecule has 2 nitrogen and oxygen atoms in total. The molecule has 0 spiro atoms. The zero-order valence-corrected chi connectivity index (χ0v) is 9.27. The molecule has 1 rings (SSSR count). The molecule has 1 atom stereocenters. The minimum absolute atomic E-state index is 0.304. The van der Waals surface area contributed by atoms with E-state index in [9.17, 15) is 5.11 Å². The van der Waals surface area contributed by atoms with Crippen LogP contribution in [0.25, 0.3) is 0 Å². The molecule has 0 aliphatic carbocycles. The first-order valence-corrected chi connectivity index (χ1v) is 5.41. The van der Waals surface area contributed by atoms with Gasteiger partial charge in [-0.15, -0.1) is 0 Å². The molecule has 0 aliphatic heterocycles. The Morgan fingerprint density at radius 3 is 2.13 bits per heavy atom. The third-order valence-electron chi connectivity index (χ3n) is 2.88. The topological polar surface area (TPSA) is 44.0 Å². The summed E-state index contributed by atoms with van der Waals surface area (Å²) in [5.41, 5.74) is 1.54. The number of aliphatic hydroxyl groups is 1. The number of nitriles is 1. The summed E-state index contributed by atoms with van der Waals surface area (Å²) >= 11 is 0. The molecule has 1 aromatic rings. The van der Waals surface area contributed by atoms with Crippen molar-refractivity contribution >= 4 is 0 Å². The van der Waals surface area contributed by atoms with Crippen LogP contribution in [0, 0.1) is 17.2 Å². The molecule has 0 saturated carbocycles. The van der Waals surface area contributed by atoms with Gasteiger partial charge in [0.1, 0.15) is 0 Å². The van der Waals surface area contributed by atoms with Crippen LogP contribution in [-0.2, 0) is 0 Å². The van der Waals surface area contributed by atoms with Gasteiger partial charge in [-0.3, -0.25) is 0 Å². The van der Waals surface area contributed by atoms with E-state index in [0.717, 1.165) is 18.4 Å². The highest BCUT2D eigenvalue weighted by molar-refractivity contribution is 5.32. The number of hydrogen-bond acceptors (Lipinski definition) is 2. The zero-order valence-electron chi connectivity index (χ0n) is 9.27. The average molecular weight is 203 g/mol. The Bertz CT molecular complexity index is 333. The first kappa shape index (κ1) is 11.7. The minimum atomic E-state index is -0.409. The summed E-state index contributed by atoms with van der Waals surface area (Å²) in [6.07, 6.45) is 1.53. The molecule has 0 aromatic heterocycles. The van der Waals surface area contributed by atoms with Gasteiger partial charge in [-0.25, -0.2) is 0 Å². The zero-order chi connectivity index (χ0) is 11.3. The van der Waals surface area contributed by atoms with Crippen LogP contribution in [0.5, 0.6) is 0 Å². The summed E-state index contributed by atoms with van der Waals surface area (Å²) in [4.78, 5) is 0. The SMILES string of the molecule is CCC(CC)C(O)c1ccc(C#N)cc1. The maximum atomic E-state index is 10.1. The van der Waals surface area contributed by atoms with Gasteiger partial charge < -0.3 is 5.11 Å². The third kappa shape index (κ3) is 2.81. The monoisotopic (exact) mass is 203 g/mol. The quantitative estimate of drug-likeness (QED) is 0.817. The lowest BCUT2D eigenvalue weighted by Crippen LogP contribution is -2.10. The van der Waals surface area contributed by atoms with Crippen molar-refractivity contribution in [2.75, 3.05) is 0 Å². The van der Waals surface area contributed by atoms with Crippen LogP contribution in [0.3, 0.4) is 0 Å². The average Bonchev–Trinajstić information content (AvgIpc) is 2.30. The summed E-state index contributed by atoms with van der Waals surface area (Å²) < 4.78 is 0. The van der Waals surface area contributed by atoms with Gasteiger partial charge in [0, 0.05) is 0 Å². The second-order valence-corrected chi connectivity index (χ2v) is 3.76. The van der Waals surface area contributed by atoms with Crippen molar-refractivity contribution in [2.24, 2.45) is 5.92 Å². The van der Waals surface area contributed by atoms with Crippen molar-refractivity contribution in [1.82, 2.24) is 0 Å². The predicted octanol–water partition coefficient (Wildman–Crippen LogP) is 3.03. The van der Waals surface area contributed by atoms with E-state index in [-0.39, 0.29) is 0 Å². The summed E-state index contributed by atoms with van der Waals surface area (Å²) in [6, 6.07) is 9.24. The number of nitrogens with zero attached hydrogens (tertiary/aromatic N) is 1.